The number of Topliss-reactive ketones (excluding diaryl/α,β-unsaturated/α-hetero) is 1. The molecule has 0 heterocycles. The molecule has 2 N–H and O–H groups in total. The lowest BCUT2D eigenvalue weighted by Gasteiger charge is -2.27. The maximum Gasteiger partial charge on any atom is 0.240 e. The fraction of sp³-hybridized carbons (Fsp3) is 0.357. The van der Waals surface area contributed by atoms with E-state index in [-0.39, 0.29) is 18.2 Å². The van der Waals surface area contributed by atoms with E-state index in [0.717, 1.165) is 0 Å². The Morgan fingerprint density at radius 3 is 2.21 bits per heavy atom. The van der Waals surface area contributed by atoms with Gasteiger partial charge in [-0.25, -0.2) is 0 Å². The van der Waals surface area contributed by atoms with Crippen molar-refractivity contribution in [3.05, 3.63) is 35.9 Å². The number of benzene rings is 1. The molecule has 0 aliphatic rings. The highest BCUT2D eigenvalue weighted by Gasteiger charge is 2.26. The van der Waals surface area contributed by atoms with Gasteiger partial charge in [0.05, 0.1) is 6.54 Å². The molecule has 0 radical (unpaired) electrons. The molecule has 0 aliphatic heterocycles. The molecule has 5 nitrogen and oxygen atoms in total. The summed E-state index contributed by atoms with van der Waals surface area (Å²) in [5, 5.41) is 0. The van der Waals surface area contributed by atoms with Gasteiger partial charge < -0.3 is 10.6 Å². The molecular weight excluding hydrogens is 244 g/mol. The van der Waals surface area contributed by atoms with E-state index in [0.29, 0.717) is 12.0 Å². The van der Waals surface area contributed by atoms with Crippen LogP contribution in [-0.2, 0) is 9.59 Å². The Bertz CT molecular complexity index is 471. The van der Waals surface area contributed by atoms with Crippen molar-refractivity contribution in [3.8, 4) is 0 Å². The van der Waals surface area contributed by atoms with Crippen LogP contribution in [0.4, 0.5) is 0 Å². The summed E-state index contributed by atoms with van der Waals surface area (Å²) in [6.07, 6.45) is 0.386. The largest absolute Gasteiger partial charge is 0.368 e. The van der Waals surface area contributed by atoms with E-state index < -0.39 is 11.9 Å². The number of nitrogens with zero attached hydrogens (tertiary/aromatic N) is 1. The summed E-state index contributed by atoms with van der Waals surface area (Å²) in [4.78, 5) is 36.2. The van der Waals surface area contributed by atoms with Crippen molar-refractivity contribution in [2.24, 2.45) is 5.73 Å². The first kappa shape index (κ1) is 14.9. The molecule has 1 atom stereocenters. The lowest BCUT2D eigenvalue weighted by Crippen LogP contribution is -2.48. The molecule has 1 unspecified atom stereocenters. The number of hydrogen-bond acceptors (Lipinski definition) is 3. The predicted octanol–water partition coefficient (Wildman–Crippen LogP) is 0.982. The third-order valence-corrected chi connectivity index (χ3v) is 2.91. The maximum atomic E-state index is 12.1. The molecule has 5 heteroatoms. The summed E-state index contributed by atoms with van der Waals surface area (Å²) in [6.45, 7) is 2.93. The van der Waals surface area contributed by atoms with Gasteiger partial charge in [-0.2, -0.15) is 0 Å². The van der Waals surface area contributed by atoms with Crippen molar-refractivity contribution in [3.63, 3.8) is 0 Å². The zero-order valence-corrected chi connectivity index (χ0v) is 11.1. The first-order chi connectivity index (χ1) is 8.97. The second-order valence-corrected chi connectivity index (χ2v) is 4.26. The van der Waals surface area contributed by atoms with Gasteiger partial charge in [-0.05, 0) is 6.42 Å². The minimum Gasteiger partial charge on any atom is -0.368 e. The maximum absolute atomic E-state index is 12.1. The van der Waals surface area contributed by atoms with Crippen LogP contribution in [0.2, 0.25) is 0 Å². The zero-order valence-electron chi connectivity index (χ0n) is 11.1. The third-order valence-electron chi connectivity index (χ3n) is 2.91. The minimum atomic E-state index is -0.745. The lowest BCUT2D eigenvalue weighted by atomic mass is 10.1. The summed E-state index contributed by atoms with van der Waals surface area (Å²) in [7, 11) is 0. The van der Waals surface area contributed by atoms with E-state index in [1.54, 1.807) is 37.3 Å². The van der Waals surface area contributed by atoms with Gasteiger partial charge in [0.1, 0.15) is 6.04 Å². The van der Waals surface area contributed by atoms with Crippen molar-refractivity contribution >= 4 is 17.6 Å². The molecule has 102 valence electrons. The van der Waals surface area contributed by atoms with Crippen LogP contribution in [0.15, 0.2) is 30.3 Å². The molecule has 2 amide bonds. The van der Waals surface area contributed by atoms with Gasteiger partial charge in [-0.15, -0.1) is 0 Å². The highest BCUT2D eigenvalue weighted by atomic mass is 16.2. The second-order valence-electron chi connectivity index (χ2n) is 4.26. The van der Waals surface area contributed by atoms with Crippen molar-refractivity contribution < 1.29 is 14.4 Å². The Kier molecular flexibility index (Phi) is 5.23. The van der Waals surface area contributed by atoms with Gasteiger partial charge in [-0.1, -0.05) is 37.3 Å². The van der Waals surface area contributed by atoms with Crippen LogP contribution < -0.4 is 5.73 Å². The fourth-order valence-electron chi connectivity index (χ4n) is 1.89. The number of amides is 2. The topological polar surface area (TPSA) is 80.5 Å². The quantitative estimate of drug-likeness (QED) is 0.776. The molecule has 1 rings (SSSR count). The normalized spacial score (nSPS) is 11.7. The SMILES string of the molecule is CCC(C(N)=O)N(CC(=O)c1ccccc1)C(C)=O. The van der Waals surface area contributed by atoms with Crippen LogP contribution in [0, 0.1) is 0 Å². The molecule has 0 aliphatic carbocycles. The number of ketones is 1. The van der Waals surface area contributed by atoms with E-state index in [4.69, 9.17) is 5.73 Å². The molecule has 19 heavy (non-hydrogen) atoms. The van der Waals surface area contributed by atoms with E-state index in [1.807, 2.05) is 0 Å². The summed E-state index contributed by atoms with van der Waals surface area (Å²) in [5.74, 6) is -1.15. The van der Waals surface area contributed by atoms with Crippen molar-refractivity contribution in [2.75, 3.05) is 6.54 Å². The van der Waals surface area contributed by atoms with Gasteiger partial charge in [0.2, 0.25) is 11.8 Å². The van der Waals surface area contributed by atoms with Crippen LogP contribution in [0.3, 0.4) is 0 Å². The number of hydrogen-bond donors (Lipinski definition) is 1. The molecule has 0 aromatic heterocycles. The van der Waals surface area contributed by atoms with Crippen LogP contribution in [0.25, 0.3) is 0 Å². The average Bonchev–Trinajstić information content (AvgIpc) is 2.38. The molecular formula is C14H18N2O3. The third kappa shape index (κ3) is 3.91. The molecule has 0 saturated carbocycles. The Balaban J connectivity index is 2.88. The molecule has 1 aromatic carbocycles. The van der Waals surface area contributed by atoms with Gasteiger partial charge in [0.25, 0.3) is 0 Å². The summed E-state index contributed by atoms with van der Waals surface area (Å²) >= 11 is 0. The van der Waals surface area contributed by atoms with Gasteiger partial charge in [-0.3, -0.25) is 14.4 Å². The first-order valence-corrected chi connectivity index (χ1v) is 6.12. The number of carbonyl (C=O) groups is 3. The van der Waals surface area contributed by atoms with Crippen LogP contribution in [0.5, 0.6) is 0 Å². The van der Waals surface area contributed by atoms with Crippen molar-refractivity contribution in [1.82, 2.24) is 4.90 Å². The molecule has 0 bridgehead atoms. The van der Waals surface area contributed by atoms with E-state index in [2.05, 4.69) is 0 Å². The fourth-order valence-corrected chi connectivity index (χ4v) is 1.89. The summed E-state index contributed by atoms with van der Waals surface area (Å²) < 4.78 is 0. The van der Waals surface area contributed by atoms with Crippen LogP contribution in [-0.4, -0.2) is 35.1 Å². The highest BCUT2D eigenvalue weighted by Crippen LogP contribution is 2.08. The van der Waals surface area contributed by atoms with Crippen LogP contribution >= 0.6 is 0 Å². The standard InChI is InChI=1S/C14H18N2O3/c1-3-12(14(15)19)16(10(2)17)9-13(18)11-7-5-4-6-8-11/h4-8,12H,3,9H2,1-2H3,(H2,15,19). The lowest BCUT2D eigenvalue weighted by molar-refractivity contribution is -0.137. The molecule has 1 aromatic rings. The Labute approximate surface area is 112 Å². The molecule has 0 fully saturated rings. The molecule has 0 saturated heterocycles. The predicted molar refractivity (Wildman–Crippen MR) is 71.4 cm³/mol. The number of nitrogens with two attached hydrogens (primary N) is 1. The zero-order chi connectivity index (χ0) is 14.4. The Hall–Kier alpha value is -2.17. The van der Waals surface area contributed by atoms with Gasteiger partial charge in [0.15, 0.2) is 5.78 Å². The number of rotatable bonds is 6. The van der Waals surface area contributed by atoms with E-state index in [9.17, 15) is 14.4 Å². The Morgan fingerprint density at radius 1 is 1.21 bits per heavy atom. The summed E-state index contributed by atoms with van der Waals surface area (Å²) in [6, 6.07) is 7.90. The van der Waals surface area contributed by atoms with Gasteiger partial charge in [0, 0.05) is 12.5 Å². The Morgan fingerprint density at radius 2 is 1.79 bits per heavy atom. The summed E-state index contributed by atoms with van der Waals surface area (Å²) in [5.41, 5.74) is 5.76. The number of carbonyl (C=O) groups excluding carboxylic acids is 3. The van der Waals surface area contributed by atoms with E-state index in [1.165, 1.54) is 11.8 Å². The highest BCUT2D eigenvalue weighted by molar-refractivity contribution is 6.00. The van der Waals surface area contributed by atoms with Crippen molar-refractivity contribution in [2.45, 2.75) is 26.3 Å². The first-order valence-electron chi connectivity index (χ1n) is 6.12. The smallest absolute Gasteiger partial charge is 0.240 e. The second kappa shape index (κ2) is 6.68. The monoisotopic (exact) mass is 262 g/mol. The molecule has 0 spiro atoms. The van der Waals surface area contributed by atoms with E-state index >= 15 is 0 Å². The van der Waals surface area contributed by atoms with Crippen molar-refractivity contribution in [1.29, 1.82) is 0 Å². The van der Waals surface area contributed by atoms with Crippen LogP contribution in [0.1, 0.15) is 30.6 Å². The minimum absolute atomic E-state index is 0.138. The number of primary amides is 1. The average molecular weight is 262 g/mol. The van der Waals surface area contributed by atoms with Gasteiger partial charge >= 0.3 is 0 Å².